The van der Waals surface area contributed by atoms with Gasteiger partial charge in [0.2, 0.25) is 0 Å². The molecule has 0 radical (unpaired) electrons. The molecule has 1 aliphatic carbocycles. The Bertz CT molecular complexity index is 1280. The van der Waals surface area contributed by atoms with Crippen LogP contribution in [0, 0.1) is 5.41 Å². The van der Waals surface area contributed by atoms with E-state index in [0.29, 0.717) is 33.4 Å². The van der Waals surface area contributed by atoms with E-state index in [1.807, 2.05) is 36.4 Å². The number of phenols is 1. The van der Waals surface area contributed by atoms with E-state index in [1.165, 1.54) is 0 Å². The predicted octanol–water partition coefficient (Wildman–Crippen LogP) is 5.30. The number of phenolic OH excluding ortho intramolecular Hbond substituents is 1. The van der Waals surface area contributed by atoms with Gasteiger partial charge in [-0.15, -0.1) is 0 Å². The van der Waals surface area contributed by atoms with Gasteiger partial charge in [-0.25, -0.2) is 0 Å². The minimum Gasteiger partial charge on any atom is -0.507 e. The number of carbonyl (C=O) groups excluding carboxylic acids is 1. The summed E-state index contributed by atoms with van der Waals surface area (Å²) in [5.74, 6) is 0.616. The van der Waals surface area contributed by atoms with Crippen LogP contribution in [-0.4, -0.2) is 16.6 Å². The van der Waals surface area contributed by atoms with E-state index in [4.69, 9.17) is 10.1 Å². The fraction of sp³-hybridized carbons (Fsp3) is 0. The summed E-state index contributed by atoms with van der Waals surface area (Å²) in [5, 5.41) is 20.8. The molecule has 2 N–H and O–H groups in total. The molecule has 0 atom stereocenters. The van der Waals surface area contributed by atoms with Gasteiger partial charge in [0.05, 0.1) is 16.8 Å². The summed E-state index contributed by atoms with van der Waals surface area (Å²) in [4.78, 5) is 13.4. The number of nitrogens with one attached hydrogen (secondary N) is 1. The lowest BCUT2D eigenvalue weighted by Gasteiger charge is -2.24. The molecule has 0 saturated carbocycles. The van der Waals surface area contributed by atoms with Crippen molar-refractivity contribution in [1.29, 1.82) is 5.41 Å². The molecule has 0 fully saturated rings. The van der Waals surface area contributed by atoms with Crippen LogP contribution in [0.4, 0.5) is 0 Å². The highest BCUT2D eigenvalue weighted by Gasteiger charge is 2.34. The molecule has 0 aliphatic heterocycles. The molecule has 0 amide bonds. The summed E-state index contributed by atoms with van der Waals surface area (Å²) in [5.41, 5.74) is 1.51. The highest BCUT2D eigenvalue weighted by molar-refractivity contribution is 6.33. The molecular formula is C24H15NO3. The molecule has 4 aromatic carbocycles. The monoisotopic (exact) mass is 365 g/mol. The first kappa shape index (κ1) is 16.3. The van der Waals surface area contributed by atoms with E-state index < -0.39 is 0 Å². The van der Waals surface area contributed by atoms with E-state index in [-0.39, 0.29) is 28.4 Å². The summed E-state index contributed by atoms with van der Waals surface area (Å²) < 4.78 is 6.15. The Morgan fingerprint density at radius 2 is 1.32 bits per heavy atom. The Kier molecular flexibility index (Phi) is 3.52. The SMILES string of the molecule is N=C1c2ccccc2C(=O)c2c1c(O)c1ccccc1c2Oc1ccccc1. The van der Waals surface area contributed by atoms with Crippen LogP contribution < -0.4 is 4.74 Å². The molecule has 0 heterocycles. The lowest BCUT2D eigenvalue weighted by atomic mass is 9.81. The third-order valence-corrected chi connectivity index (χ3v) is 5.02. The Morgan fingerprint density at radius 1 is 0.714 bits per heavy atom. The van der Waals surface area contributed by atoms with E-state index >= 15 is 0 Å². The van der Waals surface area contributed by atoms with Gasteiger partial charge < -0.3 is 9.84 Å². The van der Waals surface area contributed by atoms with Crippen molar-refractivity contribution in [2.75, 3.05) is 0 Å². The molecule has 134 valence electrons. The standard InChI is InChI=1S/C24H15NO3/c25-21-15-10-4-5-11-16(15)23(27)20-19(21)22(26)17-12-6-7-13-18(17)24(20)28-14-8-2-1-3-9-14/h1-13,25-26H. The molecule has 0 spiro atoms. The van der Waals surface area contributed by atoms with Gasteiger partial charge in [0.15, 0.2) is 5.78 Å². The van der Waals surface area contributed by atoms with Crippen molar-refractivity contribution in [3.05, 3.63) is 101 Å². The van der Waals surface area contributed by atoms with Crippen LogP contribution in [0.25, 0.3) is 10.8 Å². The van der Waals surface area contributed by atoms with E-state index in [0.717, 1.165) is 0 Å². The molecule has 0 saturated heterocycles. The topological polar surface area (TPSA) is 70.4 Å². The van der Waals surface area contributed by atoms with Crippen molar-refractivity contribution in [3.8, 4) is 17.2 Å². The number of benzene rings is 4. The quantitative estimate of drug-likeness (QED) is 0.446. The van der Waals surface area contributed by atoms with Crippen LogP contribution in [0.3, 0.4) is 0 Å². The number of ether oxygens (including phenoxy) is 1. The van der Waals surface area contributed by atoms with Crippen LogP contribution in [0.5, 0.6) is 17.2 Å². The zero-order valence-corrected chi connectivity index (χ0v) is 14.8. The van der Waals surface area contributed by atoms with Crippen LogP contribution in [0.2, 0.25) is 0 Å². The summed E-state index contributed by atoms with van der Waals surface area (Å²) in [6.07, 6.45) is 0. The van der Waals surface area contributed by atoms with E-state index in [9.17, 15) is 9.90 Å². The zero-order chi connectivity index (χ0) is 19.3. The Balaban J connectivity index is 1.88. The number of hydrogen-bond donors (Lipinski definition) is 2. The Hall–Kier alpha value is -3.92. The molecular weight excluding hydrogens is 350 g/mol. The van der Waals surface area contributed by atoms with Gasteiger partial charge in [0, 0.05) is 21.9 Å². The van der Waals surface area contributed by atoms with E-state index in [2.05, 4.69) is 0 Å². The molecule has 4 aromatic rings. The van der Waals surface area contributed by atoms with Gasteiger partial charge in [-0.05, 0) is 12.1 Å². The van der Waals surface area contributed by atoms with Crippen molar-refractivity contribution < 1.29 is 14.6 Å². The van der Waals surface area contributed by atoms with Crippen LogP contribution >= 0.6 is 0 Å². The summed E-state index contributed by atoms with van der Waals surface area (Å²) in [6, 6.07) is 23.4. The lowest BCUT2D eigenvalue weighted by molar-refractivity contribution is 0.103. The van der Waals surface area contributed by atoms with Gasteiger partial charge >= 0.3 is 0 Å². The highest BCUT2D eigenvalue weighted by atomic mass is 16.5. The molecule has 28 heavy (non-hydrogen) atoms. The Morgan fingerprint density at radius 3 is 2.07 bits per heavy atom. The molecule has 5 rings (SSSR count). The minimum absolute atomic E-state index is 0.0705. The van der Waals surface area contributed by atoms with Crippen molar-refractivity contribution in [2.24, 2.45) is 0 Å². The average Bonchev–Trinajstić information content (AvgIpc) is 2.75. The third kappa shape index (κ3) is 2.25. The van der Waals surface area contributed by atoms with Crippen LogP contribution in [0.1, 0.15) is 27.0 Å². The maximum atomic E-state index is 13.4. The first-order chi connectivity index (χ1) is 13.7. The second kappa shape index (κ2) is 6.06. The van der Waals surface area contributed by atoms with Crippen molar-refractivity contribution >= 4 is 22.3 Å². The minimum atomic E-state index is -0.256. The molecule has 4 heteroatoms. The first-order valence-corrected chi connectivity index (χ1v) is 8.90. The smallest absolute Gasteiger partial charge is 0.198 e. The predicted molar refractivity (Wildman–Crippen MR) is 108 cm³/mol. The molecule has 0 bridgehead atoms. The molecule has 1 aliphatic rings. The fourth-order valence-corrected chi connectivity index (χ4v) is 3.73. The van der Waals surface area contributed by atoms with Crippen molar-refractivity contribution in [2.45, 2.75) is 0 Å². The molecule has 0 unspecified atom stereocenters. The summed E-state index contributed by atoms with van der Waals surface area (Å²) in [6.45, 7) is 0. The largest absolute Gasteiger partial charge is 0.507 e. The number of fused-ring (bicyclic) bond motifs is 3. The Labute approximate surface area is 161 Å². The van der Waals surface area contributed by atoms with E-state index in [1.54, 1.807) is 42.5 Å². The number of ketones is 1. The summed E-state index contributed by atoms with van der Waals surface area (Å²) >= 11 is 0. The second-order valence-corrected chi connectivity index (χ2v) is 6.64. The number of aromatic hydroxyl groups is 1. The van der Waals surface area contributed by atoms with Crippen molar-refractivity contribution in [3.63, 3.8) is 0 Å². The second-order valence-electron chi connectivity index (χ2n) is 6.64. The number of rotatable bonds is 2. The molecule has 4 nitrogen and oxygen atoms in total. The lowest BCUT2D eigenvalue weighted by Crippen LogP contribution is -2.22. The maximum absolute atomic E-state index is 13.4. The maximum Gasteiger partial charge on any atom is 0.198 e. The normalized spacial score (nSPS) is 12.6. The van der Waals surface area contributed by atoms with Crippen molar-refractivity contribution in [1.82, 2.24) is 0 Å². The average molecular weight is 365 g/mol. The summed E-state index contributed by atoms with van der Waals surface area (Å²) in [7, 11) is 0. The van der Waals surface area contributed by atoms with Crippen LogP contribution in [0.15, 0.2) is 78.9 Å². The van der Waals surface area contributed by atoms with Gasteiger partial charge in [-0.1, -0.05) is 66.7 Å². The zero-order valence-electron chi connectivity index (χ0n) is 14.8. The van der Waals surface area contributed by atoms with Gasteiger partial charge in [0.25, 0.3) is 0 Å². The van der Waals surface area contributed by atoms with Gasteiger partial charge in [0.1, 0.15) is 17.2 Å². The highest BCUT2D eigenvalue weighted by Crippen LogP contribution is 2.46. The fourth-order valence-electron chi connectivity index (χ4n) is 3.73. The number of hydrogen-bond acceptors (Lipinski definition) is 4. The van der Waals surface area contributed by atoms with Crippen LogP contribution in [-0.2, 0) is 0 Å². The first-order valence-electron chi connectivity index (χ1n) is 8.90. The van der Waals surface area contributed by atoms with Gasteiger partial charge in [-0.3, -0.25) is 10.2 Å². The third-order valence-electron chi connectivity index (χ3n) is 5.02. The van der Waals surface area contributed by atoms with Gasteiger partial charge in [-0.2, -0.15) is 0 Å². The molecule has 0 aromatic heterocycles. The number of carbonyl (C=O) groups is 1. The number of para-hydroxylation sites is 1.